The molecule has 1 saturated carbocycles. The number of nitrogens with one attached hydrogen (secondary N) is 1. The number of aromatic nitrogens is 2. The lowest BCUT2D eigenvalue weighted by Crippen LogP contribution is -2.10. The monoisotopic (exact) mass is 325 g/mol. The Bertz CT molecular complexity index is 412. The lowest BCUT2D eigenvalue weighted by Gasteiger charge is -2.16. The highest BCUT2D eigenvalue weighted by molar-refractivity contribution is 9.10. The minimum absolute atomic E-state index is 0.552. The van der Waals surface area contributed by atoms with Crippen LogP contribution in [0, 0.1) is 6.92 Å². The first kappa shape index (κ1) is 14.8. The average Bonchev–Trinajstić information content (AvgIpc) is 2.69. The van der Waals surface area contributed by atoms with Gasteiger partial charge in [-0.3, -0.25) is 0 Å². The van der Waals surface area contributed by atoms with Gasteiger partial charge < -0.3 is 5.32 Å². The molecule has 0 saturated heterocycles. The summed E-state index contributed by atoms with van der Waals surface area (Å²) in [6.07, 6.45) is 8.97. The highest BCUT2D eigenvalue weighted by atomic mass is 79.9. The zero-order chi connectivity index (χ0) is 13.7. The molecule has 0 aromatic carbocycles. The highest BCUT2D eigenvalue weighted by Crippen LogP contribution is 2.32. The van der Waals surface area contributed by atoms with Gasteiger partial charge in [-0.05, 0) is 42.1 Å². The molecular formula is C15H24BrN3. The van der Waals surface area contributed by atoms with Crippen molar-refractivity contribution in [3.63, 3.8) is 0 Å². The van der Waals surface area contributed by atoms with Crippen molar-refractivity contribution in [1.82, 2.24) is 9.97 Å². The second kappa shape index (κ2) is 7.22. The summed E-state index contributed by atoms with van der Waals surface area (Å²) in [6.45, 7) is 5.18. The van der Waals surface area contributed by atoms with Gasteiger partial charge in [0.1, 0.15) is 11.6 Å². The molecule has 4 heteroatoms. The normalized spacial score (nSPS) is 17.2. The fourth-order valence-electron chi connectivity index (χ4n) is 2.66. The summed E-state index contributed by atoms with van der Waals surface area (Å²) in [5, 5.41) is 3.40. The SMILES string of the molecule is CCCNc1nc(C2CCCCCC2)nc(C)c1Br. The summed E-state index contributed by atoms with van der Waals surface area (Å²) in [5.74, 6) is 2.56. The van der Waals surface area contributed by atoms with Crippen molar-refractivity contribution in [1.29, 1.82) is 0 Å². The Balaban J connectivity index is 2.21. The fraction of sp³-hybridized carbons (Fsp3) is 0.733. The Morgan fingerprint density at radius 2 is 1.84 bits per heavy atom. The number of hydrogen-bond donors (Lipinski definition) is 1. The van der Waals surface area contributed by atoms with E-state index in [0.717, 1.165) is 34.8 Å². The van der Waals surface area contributed by atoms with Crippen molar-refractivity contribution in [2.24, 2.45) is 0 Å². The Kier molecular flexibility index (Phi) is 5.61. The molecule has 1 aliphatic carbocycles. The maximum Gasteiger partial charge on any atom is 0.144 e. The maximum absolute atomic E-state index is 4.77. The van der Waals surface area contributed by atoms with Crippen LogP contribution in [0.15, 0.2) is 4.47 Å². The van der Waals surface area contributed by atoms with Crippen LogP contribution in [0.1, 0.15) is 69.3 Å². The van der Waals surface area contributed by atoms with Gasteiger partial charge in [-0.2, -0.15) is 0 Å². The molecule has 0 amide bonds. The third-order valence-electron chi connectivity index (χ3n) is 3.80. The summed E-state index contributed by atoms with van der Waals surface area (Å²) in [4.78, 5) is 9.48. The Labute approximate surface area is 124 Å². The third kappa shape index (κ3) is 3.91. The van der Waals surface area contributed by atoms with Crippen LogP contribution in [-0.2, 0) is 0 Å². The quantitative estimate of drug-likeness (QED) is 0.807. The molecule has 0 bridgehead atoms. The van der Waals surface area contributed by atoms with Gasteiger partial charge in [0.15, 0.2) is 0 Å². The van der Waals surface area contributed by atoms with E-state index in [0.29, 0.717) is 5.92 Å². The van der Waals surface area contributed by atoms with E-state index in [1.54, 1.807) is 0 Å². The lowest BCUT2D eigenvalue weighted by atomic mass is 9.99. The van der Waals surface area contributed by atoms with E-state index < -0.39 is 0 Å². The van der Waals surface area contributed by atoms with Gasteiger partial charge in [0, 0.05) is 12.5 Å². The molecule has 1 aliphatic rings. The Morgan fingerprint density at radius 1 is 1.16 bits per heavy atom. The summed E-state index contributed by atoms with van der Waals surface area (Å²) >= 11 is 3.60. The molecular weight excluding hydrogens is 302 g/mol. The zero-order valence-electron chi connectivity index (χ0n) is 12.0. The number of hydrogen-bond acceptors (Lipinski definition) is 3. The van der Waals surface area contributed by atoms with E-state index in [1.807, 2.05) is 0 Å². The second-order valence-electron chi connectivity index (χ2n) is 5.45. The van der Waals surface area contributed by atoms with E-state index in [9.17, 15) is 0 Å². The van der Waals surface area contributed by atoms with Crippen molar-refractivity contribution in [3.05, 3.63) is 16.0 Å². The number of aryl methyl sites for hydroxylation is 1. The van der Waals surface area contributed by atoms with Crippen LogP contribution in [0.3, 0.4) is 0 Å². The van der Waals surface area contributed by atoms with Crippen LogP contribution in [0.25, 0.3) is 0 Å². The molecule has 19 heavy (non-hydrogen) atoms. The first-order chi connectivity index (χ1) is 9.22. The molecule has 2 rings (SSSR count). The van der Waals surface area contributed by atoms with Gasteiger partial charge in [-0.15, -0.1) is 0 Å². The number of anilines is 1. The van der Waals surface area contributed by atoms with Gasteiger partial charge in [0.05, 0.1) is 10.2 Å². The molecule has 1 heterocycles. The number of rotatable bonds is 4. The van der Waals surface area contributed by atoms with E-state index >= 15 is 0 Å². The van der Waals surface area contributed by atoms with E-state index in [1.165, 1.54) is 38.5 Å². The smallest absolute Gasteiger partial charge is 0.144 e. The zero-order valence-corrected chi connectivity index (χ0v) is 13.6. The van der Waals surface area contributed by atoms with Gasteiger partial charge in [-0.25, -0.2) is 9.97 Å². The van der Waals surface area contributed by atoms with Crippen molar-refractivity contribution in [2.45, 2.75) is 64.7 Å². The van der Waals surface area contributed by atoms with Crippen molar-refractivity contribution in [2.75, 3.05) is 11.9 Å². The molecule has 0 aliphatic heterocycles. The Hall–Kier alpha value is -0.640. The summed E-state index contributed by atoms with van der Waals surface area (Å²) in [5.41, 5.74) is 1.05. The predicted molar refractivity (Wildman–Crippen MR) is 83.7 cm³/mol. The van der Waals surface area contributed by atoms with Crippen LogP contribution >= 0.6 is 15.9 Å². The van der Waals surface area contributed by atoms with E-state index in [4.69, 9.17) is 9.97 Å². The van der Waals surface area contributed by atoms with Crippen LogP contribution in [0.4, 0.5) is 5.82 Å². The Morgan fingerprint density at radius 3 is 2.47 bits per heavy atom. The molecule has 0 spiro atoms. The van der Waals surface area contributed by atoms with Crippen LogP contribution < -0.4 is 5.32 Å². The summed E-state index contributed by atoms with van der Waals surface area (Å²) in [6, 6.07) is 0. The molecule has 106 valence electrons. The highest BCUT2D eigenvalue weighted by Gasteiger charge is 2.19. The molecule has 1 aromatic rings. The van der Waals surface area contributed by atoms with Crippen LogP contribution in [-0.4, -0.2) is 16.5 Å². The number of nitrogens with zero attached hydrogens (tertiary/aromatic N) is 2. The number of halogens is 1. The van der Waals surface area contributed by atoms with Crippen LogP contribution in [0.2, 0.25) is 0 Å². The summed E-state index contributed by atoms with van der Waals surface area (Å²) in [7, 11) is 0. The minimum Gasteiger partial charge on any atom is -0.369 e. The van der Waals surface area contributed by atoms with E-state index in [2.05, 4.69) is 35.1 Å². The predicted octanol–water partition coefficient (Wildman–Crippen LogP) is 4.81. The third-order valence-corrected chi connectivity index (χ3v) is 4.75. The average molecular weight is 326 g/mol. The van der Waals surface area contributed by atoms with Gasteiger partial charge in [-0.1, -0.05) is 32.6 Å². The van der Waals surface area contributed by atoms with E-state index in [-0.39, 0.29) is 0 Å². The molecule has 0 radical (unpaired) electrons. The molecule has 3 nitrogen and oxygen atoms in total. The topological polar surface area (TPSA) is 37.8 Å². The standard InChI is InChI=1S/C15H24BrN3/c1-3-10-17-15-13(16)11(2)18-14(19-15)12-8-6-4-5-7-9-12/h12H,3-10H2,1-2H3,(H,17,18,19). The molecule has 1 aromatic heterocycles. The summed E-state index contributed by atoms with van der Waals surface area (Å²) < 4.78 is 1.01. The largest absolute Gasteiger partial charge is 0.369 e. The van der Waals surface area contributed by atoms with Crippen molar-refractivity contribution >= 4 is 21.7 Å². The molecule has 1 fully saturated rings. The van der Waals surface area contributed by atoms with Gasteiger partial charge in [0.2, 0.25) is 0 Å². The first-order valence-corrected chi connectivity index (χ1v) is 8.29. The van der Waals surface area contributed by atoms with Crippen molar-refractivity contribution < 1.29 is 0 Å². The molecule has 1 N–H and O–H groups in total. The molecule has 0 unspecified atom stereocenters. The minimum atomic E-state index is 0.552. The van der Waals surface area contributed by atoms with Gasteiger partial charge in [0.25, 0.3) is 0 Å². The lowest BCUT2D eigenvalue weighted by molar-refractivity contribution is 0.558. The fourth-order valence-corrected chi connectivity index (χ4v) is 2.98. The van der Waals surface area contributed by atoms with Crippen LogP contribution in [0.5, 0.6) is 0 Å². The maximum atomic E-state index is 4.77. The first-order valence-electron chi connectivity index (χ1n) is 7.50. The van der Waals surface area contributed by atoms with Gasteiger partial charge >= 0.3 is 0 Å². The van der Waals surface area contributed by atoms with Crippen molar-refractivity contribution in [3.8, 4) is 0 Å². The second-order valence-corrected chi connectivity index (χ2v) is 6.24. The molecule has 0 atom stereocenters.